The third kappa shape index (κ3) is 2.20. The molecule has 1 N–H and O–H groups in total. The van der Waals surface area contributed by atoms with Gasteiger partial charge in [0.1, 0.15) is 0 Å². The molecule has 0 radical (unpaired) electrons. The lowest BCUT2D eigenvalue weighted by atomic mass is 10.1. The van der Waals surface area contributed by atoms with Crippen molar-refractivity contribution in [1.29, 1.82) is 0 Å². The molecule has 2 rings (SSSR count). The first-order chi connectivity index (χ1) is 6.92. The summed E-state index contributed by atoms with van der Waals surface area (Å²) in [6.45, 7) is 16.9. The third-order valence-corrected chi connectivity index (χ3v) is 3.65. The first-order valence-corrected chi connectivity index (χ1v) is 6.11. The molecule has 1 heterocycles. The molecule has 0 spiro atoms. The summed E-state index contributed by atoms with van der Waals surface area (Å²) in [7, 11) is 0. The van der Waals surface area contributed by atoms with E-state index in [1.165, 1.54) is 25.3 Å². The first-order valence-electron chi connectivity index (χ1n) is 6.11. The average molecular weight is 208 g/mol. The van der Waals surface area contributed by atoms with E-state index in [4.69, 9.17) is 0 Å². The number of nitrogens with zero attached hydrogens (tertiary/aromatic N) is 1. The molecule has 1 saturated heterocycles. The summed E-state index contributed by atoms with van der Waals surface area (Å²) in [6, 6.07) is 0. The van der Waals surface area contributed by atoms with Crippen LogP contribution in [0.3, 0.4) is 0 Å². The van der Waals surface area contributed by atoms with Crippen molar-refractivity contribution in [1.82, 2.24) is 10.2 Å². The summed E-state index contributed by atoms with van der Waals surface area (Å²) >= 11 is 0. The molecule has 0 bridgehead atoms. The van der Waals surface area contributed by atoms with Crippen molar-refractivity contribution in [2.24, 2.45) is 17.8 Å². The summed E-state index contributed by atoms with van der Waals surface area (Å²) in [5.74, 6) is 2.55. The number of hydrogen-bond acceptors (Lipinski definition) is 2. The minimum atomic E-state index is 0.165. The van der Waals surface area contributed by atoms with Crippen molar-refractivity contribution in [3.8, 4) is 0 Å². The van der Waals surface area contributed by atoms with Crippen molar-refractivity contribution >= 4 is 0 Å². The molecule has 2 fully saturated rings. The molecule has 0 aromatic heterocycles. The molecule has 2 heteroatoms. The van der Waals surface area contributed by atoms with Crippen LogP contribution in [0.15, 0.2) is 12.3 Å². The lowest BCUT2D eigenvalue weighted by Gasteiger charge is -2.26. The molecule has 15 heavy (non-hydrogen) atoms. The highest BCUT2D eigenvalue weighted by molar-refractivity contribution is 5.20. The Hall–Kier alpha value is -0.500. The van der Waals surface area contributed by atoms with Gasteiger partial charge < -0.3 is 10.2 Å². The van der Waals surface area contributed by atoms with Gasteiger partial charge in [0.15, 0.2) is 0 Å². The number of piperidine rings is 1. The highest BCUT2D eigenvalue weighted by Crippen LogP contribution is 2.54. The fourth-order valence-electron chi connectivity index (χ4n) is 2.95. The Morgan fingerprint density at radius 2 is 1.87 bits per heavy atom. The Morgan fingerprint density at radius 3 is 2.27 bits per heavy atom. The van der Waals surface area contributed by atoms with Gasteiger partial charge in [-0.2, -0.15) is 0 Å². The zero-order chi connectivity index (χ0) is 11.2. The van der Waals surface area contributed by atoms with Crippen LogP contribution < -0.4 is 5.32 Å². The normalized spacial score (nSPS) is 35.1. The maximum Gasteiger partial charge on any atom is 0.0286 e. The molecular weight excluding hydrogens is 184 g/mol. The van der Waals surface area contributed by atoms with E-state index in [1.807, 2.05) is 0 Å². The van der Waals surface area contributed by atoms with Gasteiger partial charge in [0.05, 0.1) is 0 Å². The Kier molecular flexibility index (Phi) is 2.58. The lowest BCUT2D eigenvalue weighted by molar-refractivity contribution is 0.302. The fraction of sp³-hybridized carbons (Fsp3) is 0.846. The van der Waals surface area contributed by atoms with Crippen LogP contribution in [0.5, 0.6) is 0 Å². The van der Waals surface area contributed by atoms with Gasteiger partial charge in [-0.05, 0) is 39.2 Å². The number of hydrogen-bond donors (Lipinski definition) is 1. The standard InChI is InChI=1S/C13H24N2/c1-6-15-7-10-11(8-15)12(10)9(2)14-13(3,4)5/h10-12,14H,2,6-8H2,1,3-5H3. The smallest absolute Gasteiger partial charge is 0.0286 e. The number of allylic oxidation sites excluding steroid dienone is 1. The summed E-state index contributed by atoms with van der Waals surface area (Å²) in [5, 5.41) is 3.53. The van der Waals surface area contributed by atoms with Crippen LogP contribution >= 0.6 is 0 Å². The van der Waals surface area contributed by atoms with Gasteiger partial charge in [0.2, 0.25) is 0 Å². The Balaban J connectivity index is 1.83. The van der Waals surface area contributed by atoms with Crippen molar-refractivity contribution in [2.45, 2.75) is 33.2 Å². The van der Waals surface area contributed by atoms with Crippen LogP contribution in [-0.4, -0.2) is 30.1 Å². The largest absolute Gasteiger partial charge is 0.384 e. The van der Waals surface area contributed by atoms with E-state index in [0.29, 0.717) is 0 Å². The third-order valence-electron chi connectivity index (χ3n) is 3.65. The van der Waals surface area contributed by atoms with E-state index in [9.17, 15) is 0 Å². The lowest BCUT2D eigenvalue weighted by Crippen LogP contribution is -2.36. The maximum absolute atomic E-state index is 4.21. The van der Waals surface area contributed by atoms with Crippen molar-refractivity contribution < 1.29 is 0 Å². The SMILES string of the molecule is C=C(NC(C)(C)C)C1C2CN(CC)CC21. The van der Waals surface area contributed by atoms with Crippen LogP contribution in [0.2, 0.25) is 0 Å². The van der Waals surface area contributed by atoms with E-state index in [1.54, 1.807) is 0 Å². The monoisotopic (exact) mass is 208 g/mol. The highest BCUT2D eigenvalue weighted by Gasteiger charge is 2.56. The molecular formula is C13H24N2. The summed E-state index contributed by atoms with van der Waals surface area (Å²) in [5.41, 5.74) is 1.44. The van der Waals surface area contributed by atoms with Crippen LogP contribution in [0.4, 0.5) is 0 Å². The molecule has 2 unspecified atom stereocenters. The van der Waals surface area contributed by atoms with E-state index in [-0.39, 0.29) is 5.54 Å². The molecule has 86 valence electrons. The van der Waals surface area contributed by atoms with Gasteiger partial charge in [0.25, 0.3) is 0 Å². The number of nitrogens with one attached hydrogen (secondary N) is 1. The van der Waals surface area contributed by atoms with Crippen LogP contribution in [-0.2, 0) is 0 Å². The molecule has 0 aromatic carbocycles. The Morgan fingerprint density at radius 1 is 1.33 bits per heavy atom. The van der Waals surface area contributed by atoms with E-state index in [2.05, 4.69) is 44.5 Å². The molecule has 2 atom stereocenters. The predicted octanol–water partition coefficient (Wildman–Crippen LogP) is 2.09. The first kappa shape index (κ1) is 11.0. The summed E-state index contributed by atoms with van der Waals surface area (Å²) < 4.78 is 0. The Bertz CT molecular complexity index is 252. The molecule has 0 amide bonds. The summed E-state index contributed by atoms with van der Waals surface area (Å²) in [6.07, 6.45) is 0. The number of fused-ring (bicyclic) bond motifs is 1. The zero-order valence-corrected chi connectivity index (χ0v) is 10.5. The predicted molar refractivity (Wildman–Crippen MR) is 64.6 cm³/mol. The second kappa shape index (κ2) is 3.51. The minimum Gasteiger partial charge on any atom is -0.384 e. The van der Waals surface area contributed by atoms with Crippen molar-refractivity contribution in [3.63, 3.8) is 0 Å². The average Bonchev–Trinajstić information content (AvgIpc) is 2.60. The number of likely N-dealkylation sites (tertiary alicyclic amines) is 1. The van der Waals surface area contributed by atoms with E-state index >= 15 is 0 Å². The molecule has 1 aliphatic carbocycles. The fourth-order valence-corrected chi connectivity index (χ4v) is 2.95. The van der Waals surface area contributed by atoms with Gasteiger partial charge >= 0.3 is 0 Å². The van der Waals surface area contributed by atoms with Gasteiger partial charge in [-0.25, -0.2) is 0 Å². The molecule has 2 nitrogen and oxygen atoms in total. The topological polar surface area (TPSA) is 15.3 Å². The molecule has 0 aromatic rings. The van der Waals surface area contributed by atoms with Crippen molar-refractivity contribution in [3.05, 3.63) is 12.3 Å². The Labute approximate surface area is 93.7 Å². The van der Waals surface area contributed by atoms with Crippen LogP contribution in [0, 0.1) is 17.8 Å². The molecule has 2 aliphatic rings. The second-order valence-electron chi connectivity index (χ2n) is 6.11. The minimum absolute atomic E-state index is 0.165. The van der Waals surface area contributed by atoms with Crippen LogP contribution in [0.25, 0.3) is 0 Å². The second-order valence-corrected chi connectivity index (χ2v) is 6.11. The van der Waals surface area contributed by atoms with Gasteiger partial charge in [0, 0.05) is 30.2 Å². The number of rotatable bonds is 3. The quantitative estimate of drug-likeness (QED) is 0.764. The van der Waals surface area contributed by atoms with Gasteiger partial charge in [-0.3, -0.25) is 0 Å². The highest BCUT2D eigenvalue weighted by atomic mass is 15.2. The van der Waals surface area contributed by atoms with E-state index in [0.717, 1.165) is 17.8 Å². The molecule has 1 saturated carbocycles. The van der Waals surface area contributed by atoms with Gasteiger partial charge in [-0.1, -0.05) is 13.5 Å². The van der Waals surface area contributed by atoms with E-state index < -0.39 is 0 Å². The zero-order valence-electron chi connectivity index (χ0n) is 10.5. The van der Waals surface area contributed by atoms with Crippen molar-refractivity contribution in [2.75, 3.05) is 19.6 Å². The van der Waals surface area contributed by atoms with Gasteiger partial charge in [-0.15, -0.1) is 0 Å². The molecule has 1 aliphatic heterocycles. The van der Waals surface area contributed by atoms with Crippen LogP contribution in [0.1, 0.15) is 27.7 Å². The summed E-state index contributed by atoms with van der Waals surface area (Å²) in [4.78, 5) is 2.55. The maximum atomic E-state index is 4.21.